The Hall–Kier alpha value is -3.09. The molecule has 3 unspecified atom stereocenters. The number of rotatable bonds is 5. The van der Waals surface area contributed by atoms with Gasteiger partial charge in [0.05, 0.1) is 6.54 Å². The lowest BCUT2D eigenvalue weighted by molar-refractivity contribution is -0.128. The minimum Gasteiger partial charge on any atom is -0.487 e. The summed E-state index contributed by atoms with van der Waals surface area (Å²) in [4.78, 5) is 37.7. The fourth-order valence-electron chi connectivity index (χ4n) is 4.40. The number of pyridine rings is 1. The highest BCUT2D eigenvalue weighted by Crippen LogP contribution is 2.43. The largest absolute Gasteiger partial charge is 0.487 e. The minimum absolute atomic E-state index is 0.0430. The second-order valence-electron chi connectivity index (χ2n) is 8.51. The van der Waals surface area contributed by atoms with E-state index in [2.05, 4.69) is 22.8 Å². The predicted molar refractivity (Wildman–Crippen MR) is 113 cm³/mol. The maximum absolute atomic E-state index is 13.0. The van der Waals surface area contributed by atoms with Crippen molar-refractivity contribution in [3.05, 3.63) is 70.4 Å². The molecule has 0 spiro atoms. The molecule has 2 N–H and O–H groups in total. The minimum atomic E-state index is -1.29. The molecule has 7 heteroatoms. The lowest BCUT2D eigenvalue weighted by atomic mass is 9.66. The molecule has 0 bridgehead atoms. The topological polar surface area (TPSA) is 89.4 Å². The first kappa shape index (κ1) is 20.2. The van der Waals surface area contributed by atoms with Gasteiger partial charge in [-0.05, 0) is 56.9 Å². The lowest BCUT2D eigenvalue weighted by Crippen LogP contribution is -2.62. The van der Waals surface area contributed by atoms with Crippen LogP contribution in [0, 0.1) is 12.3 Å². The van der Waals surface area contributed by atoms with Gasteiger partial charge < -0.3 is 14.6 Å². The van der Waals surface area contributed by atoms with Crippen LogP contribution >= 0.6 is 0 Å². The second kappa shape index (κ2) is 7.63. The molecule has 1 aliphatic heterocycles. The van der Waals surface area contributed by atoms with Gasteiger partial charge in [0.15, 0.2) is 0 Å². The van der Waals surface area contributed by atoms with Gasteiger partial charge in [-0.2, -0.15) is 0 Å². The van der Waals surface area contributed by atoms with E-state index in [1.807, 2.05) is 25.2 Å². The fourth-order valence-corrected chi connectivity index (χ4v) is 4.40. The Bertz CT molecular complexity index is 1020. The standard InChI is InChI=1S/C23H27N3O4/c1-16-7-6-14-26(19(16)27)15-23(20(28)24-21(29)25-23)22(2)12-10-18(11-13-22)30-17-8-4-3-5-9-17/h4,6-8,10-12,14,17H,3,5,9,13,15H2,1-2H3,(H2,24,25,28,29). The van der Waals surface area contributed by atoms with Crippen molar-refractivity contribution in [2.45, 2.75) is 57.7 Å². The summed E-state index contributed by atoms with van der Waals surface area (Å²) in [5, 5.41) is 5.19. The molecule has 158 valence electrons. The van der Waals surface area contributed by atoms with E-state index in [1.165, 1.54) is 4.57 Å². The molecule has 0 radical (unpaired) electrons. The first-order valence-corrected chi connectivity index (χ1v) is 10.4. The molecule has 3 aliphatic rings. The van der Waals surface area contributed by atoms with Gasteiger partial charge in [-0.15, -0.1) is 0 Å². The molecule has 1 saturated heterocycles. The van der Waals surface area contributed by atoms with Crippen LogP contribution in [0.3, 0.4) is 0 Å². The third-order valence-electron chi connectivity index (χ3n) is 6.37. The van der Waals surface area contributed by atoms with Crippen LogP contribution in [-0.2, 0) is 16.1 Å². The van der Waals surface area contributed by atoms with Crippen molar-refractivity contribution in [3.63, 3.8) is 0 Å². The summed E-state index contributed by atoms with van der Waals surface area (Å²) in [6, 6.07) is 2.95. The zero-order chi connectivity index (χ0) is 21.4. The summed E-state index contributed by atoms with van der Waals surface area (Å²) in [6.45, 7) is 3.69. The number of allylic oxidation sites excluding steroid dienone is 3. The summed E-state index contributed by atoms with van der Waals surface area (Å²) in [5.74, 6) is 0.331. The lowest BCUT2D eigenvalue weighted by Gasteiger charge is -2.43. The molecular weight excluding hydrogens is 382 g/mol. The highest BCUT2D eigenvalue weighted by Gasteiger charge is 2.58. The summed E-state index contributed by atoms with van der Waals surface area (Å²) < 4.78 is 7.55. The molecule has 30 heavy (non-hydrogen) atoms. The molecule has 0 saturated carbocycles. The molecule has 3 amide bonds. The van der Waals surface area contributed by atoms with Gasteiger partial charge in [-0.1, -0.05) is 25.1 Å². The van der Waals surface area contributed by atoms with Crippen molar-refractivity contribution in [2.75, 3.05) is 0 Å². The van der Waals surface area contributed by atoms with Crippen molar-refractivity contribution < 1.29 is 14.3 Å². The highest BCUT2D eigenvalue weighted by atomic mass is 16.5. The Balaban J connectivity index is 1.63. The molecule has 1 aromatic rings. The first-order chi connectivity index (χ1) is 14.3. The van der Waals surface area contributed by atoms with Crippen LogP contribution < -0.4 is 16.2 Å². The zero-order valence-electron chi connectivity index (χ0n) is 17.3. The molecule has 1 aromatic heterocycles. The highest BCUT2D eigenvalue weighted by molar-refractivity contribution is 6.07. The first-order valence-electron chi connectivity index (χ1n) is 10.4. The molecule has 0 aromatic carbocycles. The van der Waals surface area contributed by atoms with Gasteiger partial charge in [0, 0.05) is 17.2 Å². The van der Waals surface area contributed by atoms with Gasteiger partial charge in [-0.25, -0.2) is 4.79 Å². The van der Waals surface area contributed by atoms with E-state index in [4.69, 9.17) is 4.74 Å². The quantitative estimate of drug-likeness (QED) is 0.578. The Kier molecular flexibility index (Phi) is 5.13. The Labute approximate surface area is 175 Å². The maximum atomic E-state index is 13.0. The molecule has 4 rings (SSSR count). The summed E-state index contributed by atoms with van der Waals surface area (Å²) >= 11 is 0. The number of hydrogen-bond acceptors (Lipinski definition) is 4. The average molecular weight is 409 g/mol. The zero-order valence-corrected chi connectivity index (χ0v) is 17.3. The number of nitrogens with one attached hydrogen (secondary N) is 2. The SMILES string of the molecule is Cc1cccn(CC2(C3(C)C=CC(OC4C=CCCC4)=CC3)NC(=O)NC2=O)c1=O. The Morgan fingerprint density at radius 2 is 2.13 bits per heavy atom. The number of carbonyl (C=O) groups excluding carboxylic acids is 2. The van der Waals surface area contributed by atoms with E-state index in [9.17, 15) is 14.4 Å². The van der Waals surface area contributed by atoms with E-state index in [1.54, 1.807) is 25.3 Å². The van der Waals surface area contributed by atoms with Crippen LogP contribution in [0.2, 0.25) is 0 Å². The van der Waals surface area contributed by atoms with E-state index in [0.717, 1.165) is 25.0 Å². The van der Waals surface area contributed by atoms with Crippen molar-refractivity contribution in [3.8, 4) is 0 Å². The van der Waals surface area contributed by atoms with Crippen LogP contribution in [0.5, 0.6) is 0 Å². The van der Waals surface area contributed by atoms with Crippen molar-refractivity contribution >= 4 is 11.9 Å². The molecule has 2 heterocycles. The summed E-state index contributed by atoms with van der Waals surface area (Å²) in [5.41, 5.74) is -1.62. The van der Waals surface area contributed by atoms with E-state index in [-0.39, 0.29) is 18.2 Å². The fraction of sp³-hybridized carbons (Fsp3) is 0.435. The molecule has 1 fully saturated rings. The predicted octanol–water partition coefficient (Wildman–Crippen LogP) is 2.71. The van der Waals surface area contributed by atoms with Gasteiger partial charge >= 0.3 is 6.03 Å². The smallest absolute Gasteiger partial charge is 0.322 e. The normalized spacial score (nSPS) is 30.6. The molecule has 7 nitrogen and oxygen atoms in total. The monoisotopic (exact) mass is 409 g/mol. The Morgan fingerprint density at radius 1 is 1.30 bits per heavy atom. The molecular formula is C23H27N3O4. The number of aromatic nitrogens is 1. The van der Waals surface area contributed by atoms with Crippen LogP contribution in [0.15, 0.2) is 59.3 Å². The number of urea groups is 1. The van der Waals surface area contributed by atoms with E-state index >= 15 is 0 Å². The number of amides is 3. The summed E-state index contributed by atoms with van der Waals surface area (Å²) in [7, 11) is 0. The second-order valence-corrected chi connectivity index (χ2v) is 8.51. The van der Waals surface area contributed by atoms with Crippen LogP contribution in [-0.4, -0.2) is 28.1 Å². The number of aryl methyl sites for hydroxylation is 1. The molecule has 3 atom stereocenters. The van der Waals surface area contributed by atoms with Gasteiger partial charge in [-0.3, -0.25) is 14.9 Å². The molecule has 2 aliphatic carbocycles. The number of carbonyl (C=O) groups is 2. The van der Waals surface area contributed by atoms with Gasteiger partial charge in [0.2, 0.25) is 0 Å². The number of ether oxygens (including phenoxy) is 1. The number of nitrogens with zero attached hydrogens (tertiary/aromatic N) is 1. The van der Waals surface area contributed by atoms with E-state index < -0.39 is 22.9 Å². The van der Waals surface area contributed by atoms with Crippen LogP contribution in [0.25, 0.3) is 0 Å². The van der Waals surface area contributed by atoms with Crippen molar-refractivity contribution in [2.24, 2.45) is 5.41 Å². The third kappa shape index (κ3) is 3.49. The number of imide groups is 1. The van der Waals surface area contributed by atoms with Crippen molar-refractivity contribution in [1.29, 1.82) is 0 Å². The van der Waals surface area contributed by atoms with Crippen molar-refractivity contribution in [1.82, 2.24) is 15.2 Å². The van der Waals surface area contributed by atoms with Crippen LogP contribution in [0.4, 0.5) is 4.79 Å². The van der Waals surface area contributed by atoms with Crippen LogP contribution in [0.1, 0.15) is 38.2 Å². The number of hydrogen-bond donors (Lipinski definition) is 2. The summed E-state index contributed by atoms with van der Waals surface area (Å²) in [6.07, 6.45) is 15.3. The van der Waals surface area contributed by atoms with Gasteiger partial charge in [0.25, 0.3) is 11.5 Å². The van der Waals surface area contributed by atoms with E-state index in [0.29, 0.717) is 12.0 Å². The Morgan fingerprint density at radius 3 is 2.77 bits per heavy atom. The van der Waals surface area contributed by atoms with Gasteiger partial charge in [0.1, 0.15) is 17.4 Å². The maximum Gasteiger partial charge on any atom is 0.322 e. The third-order valence-corrected chi connectivity index (χ3v) is 6.37. The average Bonchev–Trinajstić information content (AvgIpc) is 3.02.